The third-order valence-electron chi connectivity index (χ3n) is 6.09. The van der Waals surface area contributed by atoms with Gasteiger partial charge < -0.3 is 25.2 Å². The highest BCUT2D eigenvalue weighted by Gasteiger charge is 2.52. The predicted octanol–water partition coefficient (Wildman–Crippen LogP) is 3.49. The average Bonchev–Trinajstić information content (AvgIpc) is 3.09. The van der Waals surface area contributed by atoms with Crippen molar-refractivity contribution >= 4 is 23.0 Å². The summed E-state index contributed by atoms with van der Waals surface area (Å²) in [6.45, 7) is 4.07. The van der Waals surface area contributed by atoms with E-state index >= 15 is 0 Å². The topological polar surface area (TPSA) is 102 Å². The highest BCUT2D eigenvalue weighted by atomic mass is 32.2. The van der Waals surface area contributed by atoms with Gasteiger partial charge in [-0.2, -0.15) is 0 Å². The number of carbonyl (C=O) groups excluding carboxylic acids is 2. The van der Waals surface area contributed by atoms with Gasteiger partial charge in [-0.3, -0.25) is 4.79 Å². The molecule has 0 spiro atoms. The number of esters is 1. The Hall–Kier alpha value is -1.61. The summed E-state index contributed by atoms with van der Waals surface area (Å²) in [6.07, 6.45) is 13.0. The molecule has 3 aliphatic heterocycles. The van der Waals surface area contributed by atoms with Crippen LogP contribution in [0.2, 0.25) is 0 Å². The Morgan fingerprint density at radius 1 is 1.29 bits per heavy atom. The summed E-state index contributed by atoms with van der Waals surface area (Å²) in [4.78, 5) is 26.1. The predicted molar refractivity (Wildman–Crippen MR) is 121 cm³/mol. The van der Waals surface area contributed by atoms with Crippen molar-refractivity contribution in [2.24, 2.45) is 11.7 Å². The second-order valence-corrected chi connectivity index (χ2v) is 9.70. The third-order valence-corrected chi connectivity index (χ3v) is 7.06. The van der Waals surface area contributed by atoms with E-state index in [-0.39, 0.29) is 24.4 Å². The minimum Gasteiger partial charge on any atom is -0.459 e. The first-order valence-corrected chi connectivity index (χ1v) is 12.0. The fourth-order valence-electron chi connectivity index (χ4n) is 4.35. The van der Waals surface area contributed by atoms with Crippen molar-refractivity contribution in [2.75, 3.05) is 12.4 Å². The number of carbonyl (C=O) groups is 2. The zero-order chi connectivity index (χ0) is 22.4. The molecule has 3 heterocycles. The molecule has 0 radical (unpaired) electrons. The van der Waals surface area contributed by atoms with Crippen molar-refractivity contribution in [2.45, 2.75) is 76.4 Å². The second-order valence-electron chi connectivity index (χ2n) is 8.73. The number of rotatable bonds is 2. The Balaban J connectivity index is 1.82. The summed E-state index contributed by atoms with van der Waals surface area (Å²) in [5.41, 5.74) is 6.72. The molecule has 0 aromatic carbocycles. The third kappa shape index (κ3) is 6.44. The molecule has 0 saturated carbocycles. The largest absolute Gasteiger partial charge is 0.459 e. The lowest BCUT2D eigenvalue weighted by atomic mass is 9.90. The summed E-state index contributed by atoms with van der Waals surface area (Å²) >= 11 is 1.13. The number of nitrogens with two attached hydrogens (primary N) is 1. The molecule has 3 rings (SSSR count). The molecule has 172 valence electrons. The Kier molecular flexibility index (Phi) is 8.38. The SMILES string of the molecule is C/C1=C/C(=O)O[C@@H]2C[C@@H](CC[C@H](C)/C=C\C=C\CC1)O[C@@](O)([C@@H]1CSC(=O)N1CN)C2. The van der Waals surface area contributed by atoms with E-state index in [1.54, 1.807) is 0 Å². The number of amides is 1. The van der Waals surface area contributed by atoms with Crippen molar-refractivity contribution in [3.8, 4) is 0 Å². The van der Waals surface area contributed by atoms with Crippen molar-refractivity contribution in [3.63, 3.8) is 0 Å². The Labute approximate surface area is 188 Å². The number of nitrogens with zero attached hydrogens (tertiary/aromatic N) is 1. The molecule has 0 aromatic heterocycles. The van der Waals surface area contributed by atoms with Crippen LogP contribution in [-0.4, -0.2) is 57.7 Å². The standard InChI is InChI=1S/C23H34N2O5S/c1-16-7-5-3-4-6-8-17(2)11-21(26)29-19-12-18(10-9-16)30-23(28,13-19)20-14-31-22(27)25(20)15-24/h3-5,7,11,16,18-20,28H,6,8-10,12-15,24H2,1-2H3/b4-3+,7-5-,17-11-/t16-,18-,19-,20+,23-/m1/s1. The van der Waals surface area contributed by atoms with Crippen molar-refractivity contribution < 1.29 is 24.2 Å². The van der Waals surface area contributed by atoms with E-state index in [2.05, 4.69) is 25.2 Å². The van der Waals surface area contributed by atoms with Gasteiger partial charge in [-0.1, -0.05) is 48.6 Å². The maximum atomic E-state index is 12.5. The van der Waals surface area contributed by atoms with E-state index in [1.165, 1.54) is 11.0 Å². The van der Waals surface area contributed by atoms with E-state index in [9.17, 15) is 14.7 Å². The van der Waals surface area contributed by atoms with Gasteiger partial charge in [-0.15, -0.1) is 0 Å². The van der Waals surface area contributed by atoms with E-state index in [1.807, 2.05) is 13.0 Å². The van der Waals surface area contributed by atoms with Crippen molar-refractivity contribution in [3.05, 3.63) is 36.0 Å². The van der Waals surface area contributed by atoms with Gasteiger partial charge >= 0.3 is 5.97 Å². The summed E-state index contributed by atoms with van der Waals surface area (Å²) in [6, 6.07) is -0.565. The molecule has 3 aliphatic rings. The van der Waals surface area contributed by atoms with Crippen LogP contribution < -0.4 is 5.73 Å². The molecular formula is C23H34N2O5S. The minimum atomic E-state index is -1.60. The lowest BCUT2D eigenvalue weighted by Gasteiger charge is -2.45. The quantitative estimate of drug-likeness (QED) is 0.621. The average molecular weight is 451 g/mol. The smallest absolute Gasteiger partial charge is 0.330 e. The molecule has 5 atom stereocenters. The van der Waals surface area contributed by atoms with Crippen LogP contribution in [0.25, 0.3) is 0 Å². The fraction of sp³-hybridized carbons (Fsp3) is 0.652. The molecule has 7 nitrogen and oxygen atoms in total. The molecule has 31 heavy (non-hydrogen) atoms. The van der Waals surface area contributed by atoms with E-state index in [0.717, 1.165) is 43.0 Å². The molecule has 2 saturated heterocycles. The summed E-state index contributed by atoms with van der Waals surface area (Å²) in [5, 5.41) is 11.3. The molecule has 0 unspecified atom stereocenters. The number of hydrogen-bond donors (Lipinski definition) is 2. The number of fused-ring (bicyclic) bond motifs is 2. The maximum absolute atomic E-state index is 12.5. The van der Waals surface area contributed by atoms with Crippen LogP contribution in [0.4, 0.5) is 4.79 Å². The summed E-state index contributed by atoms with van der Waals surface area (Å²) < 4.78 is 11.9. The maximum Gasteiger partial charge on any atom is 0.330 e. The van der Waals surface area contributed by atoms with E-state index in [4.69, 9.17) is 15.2 Å². The van der Waals surface area contributed by atoms with Gasteiger partial charge in [-0.05, 0) is 38.5 Å². The highest BCUT2D eigenvalue weighted by molar-refractivity contribution is 8.13. The molecule has 2 fully saturated rings. The first-order valence-electron chi connectivity index (χ1n) is 11.1. The summed E-state index contributed by atoms with van der Waals surface area (Å²) in [5.74, 6) is -1.26. The number of aliphatic hydroxyl groups is 1. The first kappa shape index (κ1) is 24.0. The number of thioether (sulfide) groups is 1. The van der Waals surface area contributed by atoms with Crippen LogP contribution in [-0.2, 0) is 14.3 Å². The van der Waals surface area contributed by atoms with E-state index in [0.29, 0.717) is 18.1 Å². The van der Waals surface area contributed by atoms with Crippen molar-refractivity contribution in [1.29, 1.82) is 0 Å². The highest BCUT2D eigenvalue weighted by Crippen LogP contribution is 2.40. The van der Waals surface area contributed by atoms with Crippen LogP contribution in [0.3, 0.4) is 0 Å². The van der Waals surface area contributed by atoms with Gasteiger partial charge in [0.1, 0.15) is 6.10 Å². The molecule has 2 bridgehead atoms. The van der Waals surface area contributed by atoms with Crippen LogP contribution >= 0.6 is 11.8 Å². The minimum absolute atomic E-state index is 0.00850. The van der Waals surface area contributed by atoms with Crippen LogP contribution in [0.15, 0.2) is 36.0 Å². The molecule has 3 N–H and O–H groups in total. The number of allylic oxidation sites excluding steroid dienone is 5. The van der Waals surface area contributed by atoms with Gasteiger partial charge in [-0.25, -0.2) is 4.79 Å². The Morgan fingerprint density at radius 2 is 2.10 bits per heavy atom. The second kappa shape index (κ2) is 10.8. The van der Waals surface area contributed by atoms with E-state index < -0.39 is 23.9 Å². The van der Waals surface area contributed by atoms with Crippen LogP contribution in [0, 0.1) is 5.92 Å². The van der Waals surface area contributed by atoms with Gasteiger partial charge in [0.25, 0.3) is 5.24 Å². The Bertz CT molecular complexity index is 752. The van der Waals surface area contributed by atoms with Crippen molar-refractivity contribution in [1.82, 2.24) is 4.90 Å². The first-order chi connectivity index (χ1) is 14.8. The number of ether oxygens (including phenoxy) is 2. The molecule has 8 heteroatoms. The van der Waals surface area contributed by atoms with Crippen LogP contribution in [0.5, 0.6) is 0 Å². The van der Waals surface area contributed by atoms with Gasteiger partial charge in [0.15, 0.2) is 5.79 Å². The van der Waals surface area contributed by atoms with Crippen LogP contribution in [0.1, 0.15) is 52.4 Å². The molecule has 1 amide bonds. The Morgan fingerprint density at radius 3 is 2.87 bits per heavy atom. The molecular weight excluding hydrogens is 416 g/mol. The van der Waals surface area contributed by atoms with Gasteiger partial charge in [0, 0.05) is 24.7 Å². The monoisotopic (exact) mass is 450 g/mol. The lowest BCUT2D eigenvalue weighted by molar-refractivity contribution is -0.293. The number of hydrogen-bond acceptors (Lipinski definition) is 7. The molecule has 0 aromatic rings. The zero-order valence-electron chi connectivity index (χ0n) is 18.4. The lowest BCUT2D eigenvalue weighted by Crippen LogP contribution is -2.60. The molecule has 0 aliphatic carbocycles. The van der Waals surface area contributed by atoms with Gasteiger partial charge in [0.05, 0.1) is 18.8 Å². The summed E-state index contributed by atoms with van der Waals surface area (Å²) in [7, 11) is 0. The van der Waals surface area contributed by atoms with Gasteiger partial charge in [0.2, 0.25) is 0 Å². The normalized spacial score (nSPS) is 39.5. The fourth-order valence-corrected chi connectivity index (χ4v) is 5.46. The zero-order valence-corrected chi connectivity index (χ0v) is 19.2.